The van der Waals surface area contributed by atoms with E-state index in [1.54, 1.807) is 18.2 Å². The number of aliphatic hydroxyl groups excluding tert-OH is 1. The summed E-state index contributed by atoms with van der Waals surface area (Å²) < 4.78 is 7.00. The summed E-state index contributed by atoms with van der Waals surface area (Å²) in [7, 11) is 1.38. The molecule has 0 saturated carbocycles. The Morgan fingerprint density at radius 3 is 2.65 bits per heavy atom. The highest BCUT2D eigenvalue weighted by Crippen LogP contribution is 2.28. The number of hydrogen-bond donors (Lipinski definition) is 3. The molecule has 0 bridgehead atoms. The normalized spacial score (nSPS) is 16.1. The number of carbonyl (C=O) groups excluding carboxylic acids is 1. The lowest BCUT2D eigenvalue weighted by molar-refractivity contribution is 0.0592. The van der Waals surface area contributed by atoms with E-state index in [4.69, 9.17) is 27.9 Å². The molecule has 1 aromatic carbocycles. The number of piperidine rings is 1. The van der Waals surface area contributed by atoms with Gasteiger partial charge < -0.3 is 20.1 Å². The fourth-order valence-electron chi connectivity index (χ4n) is 3.39. The number of H-pyrrole nitrogens is 1. The third-order valence-corrected chi connectivity index (χ3v) is 5.83. The number of β-amino-alcohol motifs (C(OH)–C–C–N with tert-alkyl or cyclic N) is 1. The van der Waals surface area contributed by atoms with Crippen LogP contribution >= 0.6 is 23.2 Å². The Bertz CT molecular complexity index is 1050. The molecule has 0 spiro atoms. The second kappa shape index (κ2) is 10.3. The van der Waals surface area contributed by atoms with Crippen molar-refractivity contribution in [1.29, 1.82) is 0 Å². The van der Waals surface area contributed by atoms with Crippen LogP contribution in [0.3, 0.4) is 0 Å². The van der Waals surface area contributed by atoms with E-state index in [0.717, 1.165) is 36.6 Å². The van der Waals surface area contributed by atoms with Crippen molar-refractivity contribution in [2.75, 3.05) is 26.2 Å². The van der Waals surface area contributed by atoms with Crippen molar-refractivity contribution in [2.45, 2.75) is 25.0 Å². The van der Waals surface area contributed by atoms with Gasteiger partial charge >= 0.3 is 5.69 Å². The number of benzene rings is 1. The molecule has 1 amide bonds. The number of hydrogen-bond acceptors (Lipinski definition) is 6. The van der Waals surface area contributed by atoms with E-state index >= 15 is 0 Å². The van der Waals surface area contributed by atoms with Crippen molar-refractivity contribution in [3.63, 3.8) is 0 Å². The Morgan fingerprint density at radius 2 is 1.97 bits per heavy atom. The first-order chi connectivity index (χ1) is 14.7. The Labute approximate surface area is 188 Å². The molecule has 9 nitrogen and oxygen atoms in total. The van der Waals surface area contributed by atoms with Crippen LogP contribution in [0.4, 0.5) is 0 Å². The predicted octanol–water partition coefficient (Wildman–Crippen LogP) is 1.01. The molecule has 1 aliphatic rings. The van der Waals surface area contributed by atoms with Gasteiger partial charge in [0.25, 0.3) is 11.5 Å². The van der Waals surface area contributed by atoms with E-state index < -0.39 is 23.3 Å². The van der Waals surface area contributed by atoms with Gasteiger partial charge in [-0.1, -0.05) is 23.2 Å². The molecule has 168 valence electrons. The molecule has 1 aliphatic heterocycles. The summed E-state index contributed by atoms with van der Waals surface area (Å²) >= 11 is 11.9. The number of nitrogens with one attached hydrogen (secondary N) is 2. The molecule has 1 fully saturated rings. The predicted molar refractivity (Wildman–Crippen MR) is 117 cm³/mol. The first-order valence-electron chi connectivity index (χ1n) is 9.83. The van der Waals surface area contributed by atoms with Crippen molar-refractivity contribution in [2.24, 2.45) is 7.05 Å². The first-order valence-corrected chi connectivity index (χ1v) is 10.6. The second-order valence-electron chi connectivity index (χ2n) is 7.44. The molecule has 1 saturated heterocycles. The maximum Gasteiger partial charge on any atom is 0.328 e. The highest BCUT2D eigenvalue weighted by atomic mass is 35.5. The lowest BCUT2D eigenvalue weighted by Gasteiger charge is -2.33. The van der Waals surface area contributed by atoms with Crippen molar-refractivity contribution in [3.05, 3.63) is 60.8 Å². The fourth-order valence-corrected chi connectivity index (χ4v) is 3.68. The van der Waals surface area contributed by atoms with Crippen molar-refractivity contribution >= 4 is 29.1 Å². The van der Waals surface area contributed by atoms with E-state index in [-0.39, 0.29) is 18.3 Å². The average Bonchev–Trinajstić information content (AvgIpc) is 2.73. The van der Waals surface area contributed by atoms with Gasteiger partial charge in [-0.3, -0.25) is 19.1 Å². The van der Waals surface area contributed by atoms with Crippen LogP contribution in [0, 0.1) is 0 Å². The Hall–Kier alpha value is -2.33. The van der Waals surface area contributed by atoms with Gasteiger partial charge in [-0.05, 0) is 25.0 Å². The maximum absolute atomic E-state index is 12.2. The second-order valence-corrected chi connectivity index (χ2v) is 8.25. The monoisotopic (exact) mass is 470 g/mol. The number of nitrogens with zero attached hydrogens (tertiary/aromatic N) is 2. The van der Waals surface area contributed by atoms with Crippen molar-refractivity contribution in [3.8, 4) is 5.75 Å². The molecule has 2 aromatic rings. The van der Waals surface area contributed by atoms with E-state index in [9.17, 15) is 19.5 Å². The minimum atomic E-state index is -0.796. The molecule has 1 aromatic heterocycles. The number of aromatic nitrogens is 2. The van der Waals surface area contributed by atoms with Gasteiger partial charge in [-0.25, -0.2) is 4.79 Å². The molecule has 31 heavy (non-hydrogen) atoms. The Morgan fingerprint density at radius 1 is 1.26 bits per heavy atom. The summed E-state index contributed by atoms with van der Waals surface area (Å²) in [6, 6.07) is 6.21. The summed E-state index contributed by atoms with van der Waals surface area (Å²) in [5, 5.41) is 13.8. The lowest BCUT2D eigenvalue weighted by Crippen LogP contribution is -2.45. The molecule has 11 heteroatoms. The SMILES string of the molecule is Cn1c(C(=O)NC[C@@H](O)CN2CCC(Oc3ccc(Cl)c(Cl)c3)CC2)cc(=O)[nH]c1=O. The van der Waals surface area contributed by atoms with Gasteiger partial charge in [0, 0.05) is 45.4 Å². The van der Waals surface area contributed by atoms with Gasteiger partial charge in [0.05, 0.1) is 16.1 Å². The van der Waals surface area contributed by atoms with Crippen LogP contribution in [0.15, 0.2) is 33.9 Å². The number of halogens is 2. The summed E-state index contributed by atoms with van der Waals surface area (Å²) in [5.74, 6) is 0.0724. The standard InChI is InChI=1S/C20H24Cl2N4O5/c1-25-17(9-18(28)24-20(25)30)19(29)23-10-12(27)11-26-6-4-13(5-7-26)31-14-2-3-15(21)16(22)8-14/h2-3,8-9,12-13,27H,4-7,10-11H2,1H3,(H,23,29)(H,24,28,30)/t12-/m1/s1. The number of aliphatic hydroxyl groups is 1. The van der Waals surface area contributed by atoms with Gasteiger partial charge in [0.1, 0.15) is 17.5 Å². The van der Waals surface area contributed by atoms with E-state index in [0.29, 0.717) is 22.3 Å². The minimum absolute atomic E-state index is 0.000471. The summed E-state index contributed by atoms with van der Waals surface area (Å²) in [6.07, 6.45) is 0.820. The highest BCUT2D eigenvalue weighted by Gasteiger charge is 2.23. The molecule has 0 unspecified atom stereocenters. The quantitative estimate of drug-likeness (QED) is 0.555. The number of likely N-dealkylation sites (tertiary alicyclic amines) is 1. The first kappa shape index (κ1) is 23.3. The van der Waals surface area contributed by atoms with Gasteiger partial charge in [0.2, 0.25) is 0 Å². The van der Waals surface area contributed by atoms with Crippen LogP contribution in [0.2, 0.25) is 10.0 Å². The smallest absolute Gasteiger partial charge is 0.328 e. The molecule has 0 aliphatic carbocycles. The zero-order valence-electron chi connectivity index (χ0n) is 16.9. The number of ether oxygens (including phenoxy) is 1. The van der Waals surface area contributed by atoms with Crippen molar-refractivity contribution < 1.29 is 14.6 Å². The molecular formula is C20H24Cl2N4O5. The van der Waals surface area contributed by atoms with Crippen LogP contribution in [0.5, 0.6) is 5.75 Å². The average molecular weight is 471 g/mol. The third-order valence-electron chi connectivity index (χ3n) is 5.09. The largest absolute Gasteiger partial charge is 0.490 e. The fraction of sp³-hybridized carbons (Fsp3) is 0.450. The number of amides is 1. The summed E-state index contributed by atoms with van der Waals surface area (Å²) in [6.45, 7) is 1.85. The van der Waals surface area contributed by atoms with E-state index in [2.05, 4.69) is 15.2 Å². The zero-order chi connectivity index (χ0) is 22.5. The van der Waals surface area contributed by atoms with Crippen LogP contribution in [-0.2, 0) is 7.05 Å². The Balaban J connectivity index is 1.43. The lowest BCUT2D eigenvalue weighted by atomic mass is 10.1. The summed E-state index contributed by atoms with van der Waals surface area (Å²) in [5.41, 5.74) is -1.40. The van der Waals surface area contributed by atoms with Gasteiger partial charge in [-0.15, -0.1) is 0 Å². The third kappa shape index (κ3) is 6.33. The molecule has 1 atom stereocenters. The van der Waals surface area contributed by atoms with Crippen LogP contribution in [-0.4, -0.2) is 63.9 Å². The van der Waals surface area contributed by atoms with Crippen LogP contribution in [0.1, 0.15) is 23.3 Å². The number of aromatic amines is 1. The maximum atomic E-state index is 12.2. The van der Waals surface area contributed by atoms with Gasteiger partial charge in [0.15, 0.2) is 0 Å². The van der Waals surface area contributed by atoms with E-state index in [1.807, 2.05) is 0 Å². The van der Waals surface area contributed by atoms with E-state index in [1.165, 1.54) is 7.05 Å². The molecular weight excluding hydrogens is 447 g/mol. The number of carbonyl (C=O) groups is 1. The van der Waals surface area contributed by atoms with Crippen molar-refractivity contribution in [1.82, 2.24) is 19.8 Å². The highest BCUT2D eigenvalue weighted by molar-refractivity contribution is 6.42. The van der Waals surface area contributed by atoms with Gasteiger partial charge in [-0.2, -0.15) is 0 Å². The minimum Gasteiger partial charge on any atom is -0.490 e. The summed E-state index contributed by atoms with van der Waals surface area (Å²) in [4.78, 5) is 39.4. The topological polar surface area (TPSA) is 117 Å². The van der Waals surface area contributed by atoms with Crippen LogP contribution < -0.4 is 21.3 Å². The molecule has 2 heterocycles. The molecule has 3 N–H and O–H groups in total. The molecule has 3 rings (SSSR count). The zero-order valence-corrected chi connectivity index (χ0v) is 18.4. The molecule has 0 radical (unpaired) electrons. The number of rotatable bonds is 7. The van der Waals surface area contributed by atoms with Crippen LogP contribution in [0.25, 0.3) is 0 Å². The Kier molecular flexibility index (Phi) is 7.77.